The summed E-state index contributed by atoms with van der Waals surface area (Å²) in [6.45, 7) is 7.58. The molecule has 1 aliphatic rings. The van der Waals surface area contributed by atoms with Crippen LogP contribution in [-0.2, 0) is 9.57 Å². The van der Waals surface area contributed by atoms with E-state index in [1.165, 1.54) is 11.3 Å². The molecular formula is C11H19NO3. The van der Waals surface area contributed by atoms with Crippen LogP contribution in [0.1, 0.15) is 40.5 Å². The Labute approximate surface area is 90.8 Å². The SMILES string of the molecule is CCC[C@@H]1C=CON1C(=O)OC(C)(C)C. The Morgan fingerprint density at radius 2 is 2.20 bits per heavy atom. The van der Waals surface area contributed by atoms with Gasteiger partial charge in [-0.05, 0) is 33.3 Å². The second-order valence-electron chi connectivity index (χ2n) is 4.60. The topological polar surface area (TPSA) is 38.8 Å². The molecule has 0 aromatic carbocycles. The number of carbonyl (C=O) groups is 1. The van der Waals surface area contributed by atoms with Crippen LogP contribution in [0.15, 0.2) is 12.3 Å². The van der Waals surface area contributed by atoms with Gasteiger partial charge in [-0.25, -0.2) is 4.79 Å². The standard InChI is InChI=1S/C11H19NO3/c1-5-6-9-7-8-14-12(9)10(13)15-11(2,3)4/h7-9H,5-6H2,1-4H3/t9-/m1/s1. The molecule has 1 amide bonds. The average molecular weight is 213 g/mol. The molecule has 0 bridgehead atoms. The summed E-state index contributed by atoms with van der Waals surface area (Å²) >= 11 is 0. The van der Waals surface area contributed by atoms with E-state index in [1.54, 1.807) is 0 Å². The number of ether oxygens (including phenoxy) is 1. The lowest BCUT2D eigenvalue weighted by Crippen LogP contribution is -2.39. The van der Waals surface area contributed by atoms with Crippen molar-refractivity contribution in [2.24, 2.45) is 0 Å². The molecule has 0 saturated heterocycles. The molecule has 0 spiro atoms. The van der Waals surface area contributed by atoms with Crippen molar-refractivity contribution < 1.29 is 14.4 Å². The molecule has 0 aromatic heterocycles. The molecule has 86 valence electrons. The lowest BCUT2D eigenvalue weighted by molar-refractivity contribution is -0.104. The highest BCUT2D eigenvalue weighted by Crippen LogP contribution is 2.19. The van der Waals surface area contributed by atoms with Crippen molar-refractivity contribution in [1.82, 2.24) is 5.06 Å². The van der Waals surface area contributed by atoms with Crippen molar-refractivity contribution in [3.8, 4) is 0 Å². The smallest absolute Gasteiger partial charge is 0.442 e. The predicted octanol–water partition coefficient (Wildman–Crippen LogP) is 2.85. The van der Waals surface area contributed by atoms with Crippen molar-refractivity contribution >= 4 is 6.09 Å². The fourth-order valence-corrected chi connectivity index (χ4v) is 1.34. The second kappa shape index (κ2) is 4.55. The molecular weight excluding hydrogens is 194 g/mol. The van der Waals surface area contributed by atoms with E-state index in [0.717, 1.165) is 12.8 Å². The highest BCUT2D eigenvalue weighted by Gasteiger charge is 2.30. The zero-order chi connectivity index (χ0) is 11.5. The summed E-state index contributed by atoms with van der Waals surface area (Å²) in [4.78, 5) is 16.8. The van der Waals surface area contributed by atoms with Gasteiger partial charge < -0.3 is 9.57 Å². The Kier molecular flexibility index (Phi) is 3.61. The summed E-state index contributed by atoms with van der Waals surface area (Å²) in [5.41, 5.74) is -0.486. The van der Waals surface area contributed by atoms with E-state index in [4.69, 9.17) is 9.57 Å². The van der Waals surface area contributed by atoms with Crippen LogP contribution in [0.25, 0.3) is 0 Å². The van der Waals surface area contributed by atoms with Crippen LogP contribution < -0.4 is 0 Å². The Morgan fingerprint density at radius 3 is 2.73 bits per heavy atom. The van der Waals surface area contributed by atoms with Crippen molar-refractivity contribution in [2.75, 3.05) is 0 Å². The minimum absolute atomic E-state index is 0.00449. The lowest BCUT2D eigenvalue weighted by atomic mass is 10.2. The first-order chi connectivity index (χ1) is 6.94. The molecule has 0 saturated carbocycles. The van der Waals surface area contributed by atoms with Gasteiger partial charge in [-0.3, -0.25) is 0 Å². The van der Waals surface area contributed by atoms with Crippen LogP contribution in [0.4, 0.5) is 4.79 Å². The summed E-state index contributed by atoms with van der Waals surface area (Å²) in [5, 5.41) is 1.29. The third-order valence-corrected chi connectivity index (χ3v) is 1.93. The normalized spacial score (nSPS) is 20.3. The molecule has 0 N–H and O–H groups in total. The van der Waals surface area contributed by atoms with Crippen LogP contribution in [0, 0.1) is 0 Å². The lowest BCUT2D eigenvalue weighted by Gasteiger charge is -2.26. The van der Waals surface area contributed by atoms with E-state index < -0.39 is 11.7 Å². The van der Waals surface area contributed by atoms with Gasteiger partial charge in [0, 0.05) is 0 Å². The van der Waals surface area contributed by atoms with Crippen molar-refractivity contribution in [3.63, 3.8) is 0 Å². The maximum atomic E-state index is 11.7. The summed E-state index contributed by atoms with van der Waals surface area (Å²) in [5.74, 6) is 0. The molecule has 1 heterocycles. The minimum atomic E-state index is -0.486. The number of rotatable bonds is 2. The van der Waals surface area contributed by atoms with E-state index in [0.29, 0.717) is 0 Å². The highest BCUT2D eigenvalue weighted by atomic mass is 16.7. The Balaban J connectivity index is 2.53. The molecule has 0 aromatic rings. The van der Waals surface area contributed by atoms with Crippen molar-refractivity contribution in [2.45, 2.75) is 52.2 Å². The van der Waals surface area contributed by atoms with E-state index in [-0.39, 0.29) is 6.04 Å². The second-order valence-corrected chi connectivity index (χ2v) is 4.60. The van der Waals surface area contributed by atoms with E-state index >= 15 is 0 Å². The molecule has 0 aliphatic carbocycles. The van der Waals surface area contributed by atoms with Crippen LogP contribution in [0.3, 0.4) is 0 Å². The van der Waals surface area contributed by atoms with Gasteiger partial charge in [-0.15, -0.1) is 5.06 Å². The quantitative estimate of drug-likeness (QED) is 0.708. The summed E-state index contributed by atoms with van der Waals surface area (Å²) in [6, 6.07) is 0.00449. The molecule has 4 heteroatoms. The first-order valence-corrected chi connectivity index (χ1v) is 5.29. The van der Waals surface area contributed by atoms with Crippen molar-refractivity contribution in [3.05, 3.63) is 12.3 Å². The Bertz CT molecular complexity index is 255. The molecule has 1 rings (SSSR count). The molecule has 15 heavy (non-hydrogen) atoms. The average Bonchev–Trinajstić information content (AvgIpc) is 2.49. The molecule has 0 radical (unpaired) electrons. The van der Waals surface area contributed by atoms with Gasteiger partial charge in [0.15, 0.2) is 0 Å². The monoisotopic (exact) mass is 213 g/mol. The number of hydrogen-bond acceptors (Lipinski definition) is 3. The minimum Gasteiger partial charge on any atom is -0.442 e. The molecule has 0 fully saturated rings. The first kappa shape index (κ1) is 11.9. The third-order valence-electron chi connectivity index (χ3n) is 1.93. The Hall–Kier alpha value is -1.19. The van der Waals surface area contributed by atoms with Gasteiger partial charge >= 0.3 is 6.09 Å². The van der Waals surface area contributed by atoms with Crippen LogP contribution in [0.5, 0.6) is 0 Å². The maximum absolute atomic E-state index is 11.7. The maximum Gasteiger partial charge on any atom is 0.444 e. The zero-order valence-corrected chi connectivity index (χ0v) is 9.82. The number of nitrogens with zero attached hydrogens (tertiary/aromatic N) is 1. The molecule has 0 unspecified atom stereocenters. The van der Waals surface area contributed by atoms with Crippen LogP contribution in [-0.4, -0.2) is 22.8 Å². The van der Waals surface area contributed by atoms with Gasteiger partial charge in [0.05, 0.1) is 6.04 Å². The van der Waals surface area contributed by atoms with Gasteiger partial charge in [0.1, 0.15) is 11.9 Å². The fraction of sp³-hybridized carbons (Fsp3) is 0.727. The van der Waals surface area contributed by atoms with Crippen molar-refractivity contribution in [1.29, 1.82) is 0 Å². The fourth-order valence-electron chi connectivity index (χ4n) is 1.34. The van der Waals surface area contributed by atoms with Gasteiger partial charge in [0.2, 0.25) is 0 Å². The van der Waals surface area contributed by atoms with E-state index in [2.05, 4.69) is 6.92 Å². The first-order valence-electron chi connectivity index (χ1n) is 5.29. The van der Waals surface area contributed by atoms with Gasteiger partial charge in [-0.2, -0.15) is 0 Å². The molecule has 1 aliphatic heterocycles. The third kappa shape index (κ3) is 3.46. The number of amides is 1. The summed E-state index contributed by atoms with van der Waals surface area (Å²) in [7, 11) is 0. The van der Waals surface area contributed by atoms with Gasteiger partial charge in [0.25, 0.3) is 0 Å². The predicted molar refractivity (Wildman–Crippen MR) is 57.0 cm³/mol. The van der Waals surface area contributed by atoms with E-state index in [1.807, 2.05) is 26.8 Å². The summed E-state index contributed by atoms with van der Waals surface area (Å²) < 4.78 is 5.22. The van der Waals surface area contributed by atoms with Crippen LogP contribution in [0.2, 0.25) is 0 Å². The summed E-state index contributed by atoms with van der Waals surface area (Å²) in [6.07, 6.45) is 4.86. The van der Waals surface area contributed by atoms with Crippen LogP contribution >= 0.6 is 0 Å². The Morgan fingerprint density at radius 1 is 1.53 bits per heavy atom. The number of carbonyl (C=O) groups excluding carboxylic acids is 1. The van der Waals surface area contributed by atoms with E-state index in [9.17, 15) is 4.79 Å². The number of hydrogen-bond donors (Lipinski definition) is 0. The largest absolute Gasteiger partial charge is 0.444 e. The van der Waals surface area contributed by atoms with Gasteiger partial charge in [-0.1, -0.05) is 13.3 Å². The molecule has 4 nitrogen and oxygen atoms in total. The highest BCUT2D eigenvalue weighted by molar-refractivity contribution is 5.68. The molecule has 1 atom stereocenters. The number of hydroxylamine groups is 2. The zero-order valence-electron chi connectivity index (χ0n) is 9.82.